The number of aliphatic hydroxyl groups excluding tert-OH is 1. The average Bonchev–Trinajstić information content (AvgIpc) is 3.17. The number of hydrogen-bond donors (Lipinski definition) is 1. The van der Waals surface area contributed by atoms with Gasteiger partial charge in [0.25, 0.3) is 10.2 Å². The van der Waals surface area contributed by atoms with Crippen LogP contribution >= 0.6 is 0 Å². The summed E-state index contributed by atoms with van der Waals surface area (Å²) in [6, 6.07) is 5.95. The number of ether oxygens (including phenoxy) is 3. The quantitative estimate of drug-likeness (QED) is 0.543. The topological polar surface area (TPSA) is 109 Å². The molecule has 4 atom stereocenters. The third kappa shape index (κ3) is 6.27. The van der Waals surface area contributed by atoms with E-state index in [-0.39, 0.29) is 25.3 Å². The standard InChI is InChI=1S/C24H37N3O7S/c1-17-14-22(23(27(17)24(29)33-5)16-34-21-12-8-19(28)9-13-21)26(35(30,31)25(2)3)15-18-6-10-20(32-4)11-7-18/h6-8,10-11,17,21-23,28H,9,12-16H2,1-5H3/t17-,21?,22+,23+/m1/s1. The first-order valence-corrected chi connectivity index (χ1v) is 13.2. The van der Waals surface area contributed by atoms with Crippen molar-refractivity contribution in [2.45, 2.75) is 63.4 Å². The summed E-state index contributed by atoms with van der Waals surface area (Å²) < 4.78 is 46.1. The summed E-state index contributed by atoms with van der Waals surface area (Å²) in [4.78, 5) is 14.3. The number of benzene rings is 1. The number of allylic oxidation sites excluding steroid dienone is 1. The normalized spacial score (nSPS) is 25.1. The largest absolute Gasteiger partial charge is 0.513 e. The highest BCUT2D eigenvalue weighted by Gasteiger charge is 2.48. The fourth-order valence-electron chi connectivity index (χ4n) is 4.73. The molecule has 1 aromatic rings. The molecule has 0 spiro atoms. The number of carbonyl (C=O) groups is 1. The predicted octanol–water partition coefficient (Wildman–Crippen LogP) is 2.91. The van der Waals surface area contributed by atoms with Crippen LogP contribution in [0.3, 0.4) is 0 Å². The molecule has 1 aliphatic carbocycles. The van der Waals surface area contributed by atoms with E-state index in [1.165, 1.54) is 29.8 Å². The third-order valence-electron chi connectivity index (χ3n) is 6.71. The molecule has 1 heterocycles. The maximum Gasteiger partial charge on any atom is 0.410 e. The minimum atomic E-state index is -3.84. The fraction of sp³-hybridized carbons (Fsp3) is 0.625. The van der Waals surface area contributed by atoms with E-state index in [1.54, 1.807) is 30.2 Å². The summed E-state index contributed by atoms with van der Waals surface area (Å²) in [7, 11) is 2.05. The summed E-state index contributed by atoms with van der Waals surface area (Å²) in [6.45, 7) is 2.18. The maximum absolute atomic E-state index is 13.5. The third-order valence-corrected chi connectivity index (χ3v) is 8.63. The molecule has 10 nitrogen and oxygen atoms in total. The molecule has 2 aliphatic rings. The second kappa shape index (κ2) is 11.6. The Balaban J connectivity index is 1.92. The maximum atomic E-state index is 13.5. The van der Waals surface area contributed by atoms with E-state index in [2.05, 4.69) is 0 Å². The van der Waals surface area contributed by atoms with Crippen LogP contribution in [-0.2, 0) is 26.2 Å². The Morgan fingerprint density at radius 3 is 2.43 bits per heavy atom. The van der Waals surface area contributed by atoms with Crippen molar-refractivity contribution in [2.75, 3.05) is 34.9 Å². The number of nitrogens with zero attached hydrogens (tertiary/aromatic N) is 3. The van der Waals surface area contributed by atoms with Crippen LogP contribution in [0.4, 0.5) is 4.79 Å². The first kappa shape index (κ1) is 27.3. The van der Waals surface area contributed by atoms with Gasteiger partial charge in [-0.1, -0.05) is 12.1 Å². The molecule has 1 amide bonds. The SMILES string of the molecule is COC(=O)N1[C@H](C)C[C@H](N(Cc2ccc(OC)cc2)S(=O)(=O)N(C)C)[C@@H]1COC1CC=C(O)CC1. The fourth-order valence-corrected chi connectivity index (χ4v) is 6.03. The Morgan fingerprint density at radius 2 is 1.89 bits per heavy atom. The summed E-state index contributed by atoms with van der Waals surface area (Å²) in [5.74, 6) is 1.04. The van der Waals surface area contributed by atoms with Gasteiger partial charge in [-0.15, -0.1) is 0 Å². The molecule has 196 valence electrons. The minimum Gasteiger partial charge on any atom is -0.513 e. The van der Waals surface area contributed by atoms with Gasteiger partial charge in [0.05, 0.1) is 44.8 Å². The summed E-state index contributed by atoms with van der Waals surface area (Å²) >= 11 is 0. The monoisotopic (exact) mass is 511 g/mol. The van der Waals surface area contributed by atoms with Crippen LogP contribution in [0.15, 0.2) is 36.1 Å². The Bertz CT molecular complexity index is 997. The number of likely N-dealkylation sites (tertiary alicyclic amines) is 1. The van der Waals surface area contributed by atoms with Gasteiger partial charge in [0, 0.05) is 33.1 Å². The van der Waals surface area contributed by atoms with E-state index in [9.17, 15) is 18.3 Å². The van der Waals surface area contributed by atoms with E-state index in [1.807, 2.05) is 19.1 Å². The van der Waals surface area contributed by atoms with Crippen molar-refractivity contribution in [3.63, 3.8) is 0 Å². The molecular weight excluding hydrogens is 474 g/mol. The van der Waals surface area contributed by atoms with Crippen LogP contribution in [0.5, 0.6) is 5.75 Å². The van der Waals surface area contributed by atoms with Crippen LogP contribution in [0, 0.1) is 0 Å². The van der Waals surface area contributed by atoms with Crippen LogP contribution < -0.4 is 4.74 Å². The van der Waals surface area contributed by atoms with Crippen molar-refractivity contribution in [2.24, 2.45) is 0 Å². The molecule has 0 bridgehead atoms. The Hall–Kier alpha value is -2.34. The minimum absolute atomic E-state index is 0.109. The summed E-state index contributed by atoms with van der Waals surface area (Å²) in [5, 5.41) is 9.67. The van der Waals surface area contributed by atoms with Gasteiger partial charge in [0.2, 0.25) is 0 Å². The molecule has 1 aromatic carbocycles. The summed E-state index contributed by atoms with van der Waals surface area (Å²) in [5.41, 5.74) is 0.799. The molecule has 0 aromatic heterocycles. The van der Waals surface area contributed by atoms with Crippen molar-refractivity contribution in [1.29, 1.82) is 0 Å². The molecule has 35 heavy (non-hydrogen) atoms. The number of amides is 1. The van der Waals surface area contributed by atoms with Crippen LogP contribution in [-0.4, -0.2) is 92.3 Å². The van der Waals surface area contributed by atoms with Crippen molar-refractivity contribution >= 4 is 16.3 Å². The van der Waals surface area contributed by atoms with E-state index in [4.69, 9.17) is 14.2 Å². The Kier molecular flexibility index (Phi) is 9.03. The van der Waals surface area contributed by atoms with Crippen molar-refractivity contribution < 1.29 is 32.5 Å². The van der Waals surface area contributed by atoms with Gasteiger partial charge in [-0.2, -0.15) is 17.0 Å². The van der Waals surface area contributed by atoms with E-state index in [0.717, 1.165) is 5.56 Å². The number of methoxy groups -OCH3 is 2. The Labute approximate surface area is 208 Å². The molecular formula is C24H37N3O7S. The van der Waals surface area contributed by atoms with Gasteiger partial charge < -0.3 is 19.3 Å². The molecule has 1 saturated heterocycles. The number of carbonyl (C=O) groups excluding carboxylic acids is 1. The molecule has 1 fully saturated rings. The first-order chi connectivity index (χ1) is 16.6. The highest BCUT2D eigenvalue weighted by atomic mass is 32.2. The van der Waals surface area contributed by atoms with Crippen molar-refractivity contribution in [1.82, 2.24) is 13.5 Å². The second-order valence-corrected chi connectivity index (χ2v) is 11.3. The first-order valence-electron chi connectivity index (χ1n) is 11.8. The molecule has 11 heteroatoms. The molecule has 1 unspecified atom stereocenters. The van der Waals surface area contributed by atoms with E-state index in [0.29, 0.717) is 37.2 Å². The van der Waals surface area contributed by atoms with Crippen LogP contribution in [0.25, 0.3) is 0 Å². The van der Waals surface area contributed by atoms with E-state index >= 15 is 0 Å². The van der Waals surface area contributed by atoms with Crippen LogP contribution in [0.1, 0.15) is 38.2 Å². The van der Waals surface area contributed by atoms with E-state index < -0.39 is 28.4 Å². The van der Waals surface area contributed by atoms with Crippen molar-refractivity contribution in [3.05, 3.63) is 41.7 Å². The second-order valence-electron chi connectivity index (χ2n) is 9.21. The lowest BCUT2D eigenvalue weighted by atomic mass is 10.0. The number of hydrogen-bond acceptors (Lipinski definition) is 7. The zero-order chi connectivity index (χ0) is 25.8. The summed E-state index contributed by atoms with van der Waals surface area (Å²) in [6.07, 6.45) is 3.34. The molecule has 1 N–H and O–H groups in total. The van der Waals surface area contributed by atoms with Gasteiger partial charge in [-0.3, -0.25) is 4.90 Å². The predicted molar refractivity (Wildman–Crippen MR) is 131 cm³/mol. The molecule has 1 aliphatic heterocycles. The number of aliphatic hydroxyl groups is 1. The van der Waals surface area contributed by atoms with Gasteiger partial charge in [-0.25, -0.2) is 4.79 Å². The average molecular weight is 512 g/mol. The molecule has 0 saturated carbocycles. The van der Waals surface area contributed by atoms with Gasteiger partial charge in [0.15, 0.2) is 0 Å². The number of rotatable bonds is 9. The van der Waals surface area contributed by atoms with Gasteiger partial charge >= 0.3 is 6.09 Å². The zero-order valence-corrected chi connectivity index (χ0v) is 21.9. The lowest BCUT2D eigenvalue weighted by Gasteiger charge is -2.36. The Morgan fingerprint density at radius 1 is 1.20 bits per heavy atom. The lowest BCUT2D eigenvalue weighted by Crippen LogP contribution is -2.53. The highest BCUT2D eigenvalue weighted by Crippen LogP contribution is 2.33. The zero-order valence-electron chi connectivity index (χ0n) is 21.1. The van der Waals surface area contributed by atoms with Crippen LogP contribution in [0.2, 0.25) is 0 Å². The smallest absolute Gasteiger partial charge is 0.410 e. The lowest BCUT2D eigenvalue weighted by molar-refractivity contribution is -0.00283. The molecule has 3 rings (SSSR count). The van der Waals surface area contributed by atoms with Gasteiger partial charge in [-0.05, 0) is 50.0 Å². The molecule has 0 radical (unpaired) electrons. The highest BCUT2D eigenvalue weighted by molar-refractivity contribution is 7.86. The van der Waals surface area contributed by atoms with Gasteiger partial charge in [0.1, 0.15) is 5.75 Å². The van der Waals surface area contributed by atoms with Crippen molar-refractivity contribution in [3.8, 4) is 5.75 Å².